The van der Waals surface area contributed by atoms with Crippen LogP contribution in [0.4, 0.5) is 0 Å². The summed E-state index contributed by atoms with van der Waals surface area (Å²) >= 11 is 6.35. The number of carboxylic acids is 1. The number of halogens is 1. The van der Waals surface area contributed by atoms with E-state index in [1.165, 1.54) is 13.2 Å². The molecule has 7 nitrogen and oxygen atoms in total. The van der Waals surface area contributed by atoms with Crippen molar-refractivity contribution in [3.05, 3.63) is 44.7 Å². The van der Waals surface area contributed by atoms with Crippen LogP contribution in [0.25, 0.3) is 11.3 Å². The number of aromatic carboxylic acids is 1. The molecule has 5 rings (SSSR count). The van der Waals surface area contributed by atoms with E-state index in [0.717, 1.165) is 12.8 Å². The van der Waals surface area contributed by atoms with Gasteiger partial charge in [-0.1, -0.05) is 11.6 Å². The van der Waals surface area contributed by atoms with Gasteiger partial charge in [-0.2, -0.15) is 0 Å². The molecule has 2 aromatic rings. The molecule has 3 aliphatic rings. The van der Waals surface area contributed by atoms with E-state index in [4.69, 9.17) is 25.8 Å². The quantitative estimate of drug-likeness (QED) is 0.842. The second-order valence-corrected chi connectivity index (χ2v) is 7.80. The first-order chi connectivity index (χ1) is 13.5. The number of methoxy groups -OCH3 is 1. The number of hydrogen-bond donors (Lipinski definition) is 1. The largest absolute Gasteiger partial charge is 0.495 e. The van der Waals surface area contributed by atoms with E-state index in [-0.39, 0.29) is 17.5 Å². The summed E-state index contributed by atoms with van der Waals surface area (Å²) in [5.41, 5.74) is 1.35. The molecule has 1 saturated heterocycles. The summed E-state index contributed by atoms with van der Waals surface area (Å²) in [4.78, 5) is 24.7. The van der Waals surface area contributed by atoms with Crippen molar-refractivity contribution in [1.82, 2.24) is 4.57 Å². The van der Waals surface area contributed by atoms with Gasteiger partial charge in [-0.3, -0.25) is 4.79 Å². The lowest BCUT2D eigenvalue weighted by Crippen LogP contribution is -2.39. The molecule has 1 saturated carbocycles. The minimum atomic E-state index is -1.23. The normalized spacial score (nSPS) is 20.6. The standard InChI is InChI=1S/C20H18ClNO6/c1-26-16-6-15-11(5-14(16)21)17-12(18(28-15)9-7-27-8-9)4-13(20(24)25)19(23)22(17)10-2-3-10/h4-6,9-10,18H,2-3,7-8H2,1H3,(H,24,25). The highest BCUT2D eigenvalue weighted by molar-refractivity contribution is 6.32. The van der Waals surface area contributed by atoms with Gasteiger partial charge >= 0.3 is 5.97 Å². The van der Waals surface area contributed by atoms with Gasteiger partial charge in [0.15, 0.2) is 0 Å². The summed E-state index contributed by atoms with van der Waals surface area (Å²) < 4.78 is 18.5. The zero-order chi connectivity index (χ0) is 19.6. The van der Waals surface area contributed by atoms with E-state index in [9.17, 15) is 14.7 Å². The number of benzene rings is 1. The fraction of sp³-hybridized carbons (Fsp3) is 0.400. The maximum Gasteiger partial charge on any atom is 0.341 e. The Morgan fingerprint density at radius 1 is 1.29 bits per heavy atom. The van der Waals surface area contributed by atoms with Crippen LogP contribution in [0.3, 0.4) is 0 Å². The summed E-state index contributed by atoms with van der Waals surface area (Å²) in [5, 5.41) is 9.98. The minimum Gasteiger partial charge on any atom is -0.495 e. The number of carbonyl (C=O) groups is 1. The Bertz CT molecular complexity index is 1050. The zero-order valence-corrected chi connectivity index (χ0v) is 15.9. The van der Waals surface area contributed by atoms with Crippen molar-refractivity contribution in [2.75, 3.05) is 20.3 Å². The Morgan fingerprint density at radius 3 is 2.61 bits per heavy atom. The third-order valence-electron chi connectivity index (χ3n) is 5.57. The van der Waals surface area contributed by atoms with Crippen molar-refractivity contribution in [2.45, 2.75) is 25.0 Å². The monoisotopic (exact) mass is 403 g/mol. The van der Waals surface area contributed by atoms with Gasteiger partial charge < -0.3 is 23.9 Å². The molecule has 0 spiro atoms. The molecule has 1 aliphatic carbocycles. The molecule has 146 valence electrons. The van der Waals surface area contributed by atoms with Crippen LogP contribution in [0.2, 0.25) is 5.02 Å². The molecule has 3 heterocycles. The third-order valence-corrected chi connectivity index (χ3v) is 5.86. The highest BCUT2D eigenvalue weighted by atomic mass is 35.5. The second kappa shape index (κ2) is 6.25. The zero-order valence-electron chi connectivity index (χ0n) is 15.1. The van der Waals surface area contributed by atoms with E-state index >= 15 is 0 Å². The van der Waals surface area contributed by atoms with Gasteiger partial charge in [0.1, 0.15) is 23.2 Å². The summed E-state index contributed by atoms with van der Waals surface area (Å²) in [6.07, 6.45) is 1.28. The van der Waals surface area contributed by atoms with Crippen LogP contribution in [0.5, 0.6) is 11.5 Å². The Morgan fingerprint density at radius 2 is 2.04 bits per heavy atom. The fourth-order valence-corrected chi connectivity index (χ4v) is 4.19. The minimum absolute atomic E-state index is 0.00864. The Labute approximate surface area is 165 Å². The lowest BCUT2D eigenvalue weighted by atomic mass is 9.87. The van der Waals surface area contributed by atoms with E-state index in [1.807, 2.05) is 0 Å². The van der Waals surface area contributed by atoms with E-state index in [2.05, 4.69) is 0 Å². The predicted octanol–water partition coefficient (Wildman–Crippen LogP) is 3.29. The molecule has 1 aromatic heterocycles. The molecular formula is C20H18ClNO6. The first kappa shape index (κ1) is 17.6. The molecule has 28 heavy (non-hydrogen) atoms. The van der Waals surface area contributed by atoms with Gasteiger partial charge in [0, 0.05) is 29.2 Å². The highest BCUT2D eigenvalue weighted by Gasteiger charge is 2.41. The molecule has 8 heteroatoms. The first-order valence-electron chi connectivity index (χ1n) is 9.14. The first-order valence-corrected chi connectivity index (χ1v) is 9.52. The Balaban J connectivity index is 1.83. The average Bonchev–Trinajstić information content (AvgIpc) is 3.44. The van der Waals surface area contributed by atoms with E-state index < -0.39 is 17.6 Å². The average molecular weight is 404 g/mol. The number of nitrogens with zero attached hydrogens (tertiary/aromatic N) is 1. The number of carboxylic acid groups (broad SMARTS) is 1. The number of pyridine rings is 1. The number of fused-ring (bicyclic) bond motifs is 3. The van der Waals surface area contributed by atoms with Crippen molar-refractivity contribution in [1.29, 1.82) is 0 Å². The SMILES string of the molecule is COc1cc2c(cc1Cl)-c1c(cc(C(=O)O)c(=O)n1C1CC1)C(C1COC1)O2. The summed E-state index contributed by atoms with van der Waals surface area (Å²) in [5.74, 6) is -0.0952. The van der Waals surface area contributed by atoms with Gasteiger partial charge in [0.05, 0.1) is 31.0 Å². The van der Waals surface area contributed by atoms with Crippen LogP contribution in [0.15, 0.2) is 23.0 Å². The topological polar surface area (TPSA) is 87.0 Å². The lowest BCUT2D eigenvalue weighted by Gasteiger charge is -2.39. The van der Waals surface area contributed by atoms with Gasteiger partial charge in [-0.05, 0) is 25.0 Å². The fourth-order valence-electron chi connectivity index (χ4n) is 3.95. The lowest BCUT2D eigenvalue weighted by molar-refractivity contribution is -0.0852. The summed E-state index contributed by atoms with van der Waals surface area (Å²) in [6, 6.07) is 4.90. The van der Waals surface area contributed by atoms with E-state index in [1.54, 1.807) is 16.7 Å². The Hall–Kier alpha value is -2.51. The van der Waals surface area contributed by atoms with Crippen LogP contribution < -0.4 is 15.0 Å². The molecule has 0 amide bonds. The maximum absolute atomic E-state index is 13.0. The number of rotatable bonds is 4. The third kappa shape index (κ3) is 2.53. The van der Waals surface area contributed by atoms with E-state index in [0.29, 0.717) is 46.6 Å². The predicted molar refractivity (Wildman–Crippen MR) is 101 cm³/mol. The molecule has 0 bridgehead atoms. The van der Waals surface area contributed by atoms with Crippen molar-refractivity contribution >= 4 is 17.6 Å². The molecular weight excluding hydrogens is 386 g/mol. The number of hydrogen-bond acceptors (Lipinski definition) is 5. The van der Waals surface area contributed by atoms with Crippen molar-refractivity contribution in [3.8, 4) is 22.8 Å². The number of aromatic nitrogens is 1. The highest BCUT2D eigenvalue weighted by Crippen LogP contribution is 2.51. The molecule has 1 atom stereocenters. The van der Waals surface area contributed by atoms with Gasteiger partial charge in [0.2, 0.25) is 0 Å². The molecule has 1 N–H and O–H groups in total. The summed E-state index contributed by atoms with van der Waals surface area (Å²) in [7, 11) is 1.53. The molecule has 2 fully saturated rings. The maximum atomic E-state index is 13.0. The van der Waals surface area contributed by atoms with Crippen LogP contribution in [-0.4, -0.2) is 36.0 Å². The molecule has 2 aliphatic heterocycles. The van der Waals surface area contributed by atoms with Crippen molar-refractivity contribution in [2.24, 2.45) is 5.92 Å². The van der Waals surface area contributed by atoms with Crippen molar-refractivity contribution in [3.63, 3.8) is 0 Å². The Kier molecular flexibility index (Phi) is 3.93. The number of ether oxygens (including phenoxy) is 3. The molecule has 1 unspecified atom stereocenters. The van der Waals surface area contributed by atoms with Gasteiger partial charge in [-0.25, -0.2) is 4.79 Å². The van der Waals surface area contributed by atoms with Crippen LogP contribution in [0, 0.1) is 5.92 Å². The van der Waals surface area contributed by atoms with Crippen LogP contribution in [-0.2, 0) is 4.74 Å². The molecule has 1 aromatic carbocycles. The van der Waals surface area contributed by atoms with Gasteiger partial charge in [0.25, 0.3) is 5.56 Å². The second-order valence-electron chi connectivity index (χ2n) is 7.39. The van der Waals surface area contributed by atoms with Gasteiger partial charge in [-0.15, -0.1) is 0 Å². The smallest absolute Gasteiger partial charge is 0.341 e. The molecule has 0 radical (unpaired) electrons. The van der Waals surface area contributed by atoms with Crippen molar-refractivity contribution < 1.29 is 24.1 Å². The summed E-state index contributed by atoms with van der Waals surface area (Å²) in [6.45, 7) is 1.05. The van der Waals surface area contributed by atoms with Crippen LogP contribution >= 0.6 is 11.6 Å². The van der Waals surface area contributed by atoms with Crippen LogP contribution in [0.1, 0.15) is 40.9 Å².